The summed E-state index contributed by atoms with van der Waals surface area (Å²) in [5.74, 6) is -1.33. The average Bonchev–Trinajstić information content (AvgIpc) is 2.75. The monoisotopic (exact) mass is 441 g/mol. The number of aliphatic carboxylic acids is 1. The summed E-state index contributed by atoms with van der Waals surface area (Å²) in [5.41, 5.74) is 2.83. The van der Waals surface area contributed by atoms with E-state index in [1.54, 1.807) is 36.4 Å². The summed E-state index contributed by atoms with van der Waals surface area (Å²) in [6.45, 7) is 2.88. The quantitative estimate of drug-likeness (QED) is 0.620. The molecule has 0 spiro atoms. The molecule has 0 radical (unpaired) electrons. The number of hydrogen-bond acceptors (Lipinski definition) is 3. The number of benzene rings is 3. The molecule has 3 aromatic rings. The van der Waals surface area contributed by atoms with Gasteiger partial charge in [0.2, 0.25) is 10.0 Å². The zero-order chi connectivity index (χ0) is 22.2. The molecule has 0 amide bonds. The van der Waals surface area contributed by atoms with Gasteiger partial charge in [0.25, 0.3) is 0 Å². The van der Waals surface area contributed by atoms with Crippen LogP contribution in [0.3, 0.4) is 0 Å². The van der Waals surface area contributed by atoms with Gasteiger partial charge in [-0.1, -0.05) is 30.7 Å². The standard InChI is InChI=1S/C24H24FNO4S/c1-16-19(14-23(27)28)13-18-5-8-20(25)15-22(18)24(16)17-6-9-21(10-7-17)31(29,30)26-11-3-2-4-12-26/h5-10,13,15H,2-4,11-12,14H2,1H3,(H,27,28). The van der Waals surface area contributed by atoms with Crippen LogP contribution in [0.25, 0.3) is 21.9 Å². The highest BCUT2D eigenvalue weighted by Crippen LogP contribution is 2.36. The molecule has 3 aromatic carbocycles. The summed E-state index contributed by atoms with van der Waals surface area (Å²) in [5, 5.41) is 10.7. The van der Waals surface area contributed by atoms with E-state index in [1.807, 2.05) is 6.92 Å². The molecular weight excluding hydrogens is 417 g/mol. The van der Waals surface area contributed by atoms with E-state index in [2.05, 4.69) is 0 Å². The number of hydrogen-bond donors (Lipinski definition) is 1. The maximum Gasteiger partial charge on any atom is 0.307 e. The van der Waals surface area contributed by atoms with E-state index in [1.165, 1.54) is 16.4 Å². The lowest BCUT2D eigenvalue weighted by molar-refractivity contribution is -0.136. The highest BCUT2D eigenvalue weighted by atomic mass is 32.2. The van der Waals surface area contributed by atoms with E-state index in [4.69, 9.17) is 0 Å². The van der Waals surface area contributed by atoms with Crippen molar-refractivity contribution >= 4 is 26.8 Å². The lowest BCUT2D eigenvalue weighted by Gasteiger charge is -2.26. The first-order valence-corrected chi connectivity index (χ1v) is 11.8. The van der Waals surface area contributed by atoms with Crippen molar-refractivity contribution in [2.75, 3.05) is 13.1 Å². The molecule has 0 atom stereocenters. The number of rotatable bonds is 5. The Bertz CT molecular complexity index is 1250. The molecule has 0 bridgehead atoms. The topological polar surface area (TPSA) is 74.7 Å². The molecule has 0 saturated carbocycles. The van der Waals surface area contributed by atoms with E-state index in [0.29, 0.717) is 24.0 Å². The molecule has 1 aliphatic heterocycles. The number of carboxylic acids is 1. The summed E-state index contributed by atoms with van der Waals surface area (Å²) >= 11 is 0. The van der Waals surface area contributed by atoms with Crippen LogP contribution < -0.4 is 0 Å². The van der Waals surface area contributed by atoms with Gasteiger partial charge in [-0.15, -0.1) is 0 Å². The van der Waals surface area contributed by atoms with Gasteiger partial charge >= 0.3 is 5.97 Å². The molecule has 4 rings (SSSR count). The molecular formula is C24H24FNO4S. The maximum absolute atomic E-state index is 14.0. The van der Waals surface area contributed by atoms with Gasteiger partial charge in [0.05, 0.1) is 11.3 Å². The van der Waals surface area contributed by atoms with Crippen molar-refractivity contribution in [1.82, 2.24) is 4.31 Å². The van der Waals surface area contributed by atoms with Crippen molar-refractivity contribution in [2.24, 2.45) is 0 Å². The predicted octanol–water partition coefficient (Wildman–Crippen LogP) is 4.76. The van der Waals surface area contributed by atoms with Gasteiger partial charge in [0, 0.05) is 13.1 Å². The number of carboxylic acid groups (broad SMARTS) is 1. The number of halogens is 1. The molecule has 1 aliphatic rings. The number of nitrogens with zero attached hydrogens (tertiary/aromatic N) is 1. The fraction of sp³-hybridized carbons (Fsp3) is 0.292. The first-order valence-electron chi connectivity index (χ1n) is 10.3. The molecule has 31 heavy (non-hydrogen) atoms. The fourth-order valence-electron chi connectivity index (χ4n) is 4.30. The van der Waals surface area contributed by atoms with Gasteiger partial charge in [0.1, 0.15) is 5.82 Å². The minimum atomic E-state index is -3.55. The van der Waals surface area contributed by atoms with E-state index in [0.717, 1.165) is 41.3 Å². The molecule has 5 nitrogen and oxygen atoms in total. The lowest BCUT2D eigenvalue weighted by Crippen LogP contribution is -2.35. The third-order valence-electron chi connectivity index (χ3n) is 5.91. The Labute approximate surface area is 181 Å². The second-order valence-corrected chi connectivity index (χ2v) is 9.90. The molecule has 0 aromatic heterocycles. The van der Waals surface area contributed by atoms with E-state index in [9.17, 15) is 22.7 Å². The second-order valence-electron chi connectivity index (χ2n) is 7.96. The van der Waals surface area contributed by atoms with Crippen LogP contribution >= 0.6 is 0 Å². The van der Waals surface area contributed by atoms with E-state index in [-0.39, 0.29) is 17.1 Å². The third-order valence-corrected chi connectivity index (χ3v) is 7.82. The summed E-state index contributed by atoms with van der Waals surface area (Å²) in [4.78, 5) is 11.6. The SMILES string of the molecule is Cc1c(CC(=O)O)cc2ccc(F)cc2c1-c1ccc(S(=O)(=O)N2CCCCC2)cc1. The molecule has 1 N–H and O–H groups in total. The Balaban J connectivity index is 1.82. The van der Waals surface area contributed by atoms with Gasteiger partial charge in [-0.2, -0.15) is 4.31 Å². The van der Waals surface area contributed by atoms with Gasteiger partial charge < -0.3 is 5.11 Å². The number of fused-ring (bicyclic) bond motifs is 1. The Morgan fingerprint density at radius 3 is 2.35 bits per heavy atom. The Morgan fingerprint density at radius 2 is 1.71 bits per heavy atom. The first kappa shape index (κ1) is 21.5. The molecule has 162 valence electrons. The third kappa shape index (κ3) is 4.20. The molecule has 1 heterocycles. The highest BCUT2D eigenvalue weighted by molar-refractivity contribution is 7.89. The highest BCUT2D eigenvalue weighted by Gasteiger charge is 2.26. The van der Waals surface area contributed by atoms with Crippen LogP contribution in [0.5, 0.6) is 0 Å². The summed E-state index contributed by atoms with van der Waals surface area (Å²) < 4.78 is 41.4. The largest absolute Gasteiger partial charge is 0.481 e. The average molecular weight is 442 g/mol. The van der Waals surface area contributed by atoms with Crippen LogP contribution in [-0.4, -0.2) is 36.9 Å². The fourth-order valence-corrected chi connectivity index (χ4v) is 5.81. The molecule has 0 aliphatic carbocycles. The predicted molar refractivity (Wildman–Crippen MR) is 118 cm³/mol. The maximum atomic E-state index is 14.0. The Kier molecular flexibility index (Phi) is 5.81. The summed E-state index contributed by atoms with van der Waals surface area (Å²) in [6.07, 6.45) is 2.63. The normalized spacial score (nSPS) is 15.3. The Morgan fingerprint density at radius 1 is 1.03 bits per heavy atom. The molecule has 1 fully saturated rings. The number of piperidine rings is 1. The van der Waals surface area contributed by atoms with Crippen LogP contribution in [0, 0.1) is 12.7 Å². The summed E-state index contributed by atoms with van der Waals surface area (Å²) in [7, 11) is -3.55. The minimum absolute atomic E-state index is 0.145. The minimum Gasteiger partial charge on any atom is -0.481 e. The zero-order valence-electron chi connectivity index (χ0n) is 17.3. The van der Waals surface area contributed by atoms with Crippen molar-refractivity contribution < 1.29 is 22.7 Å². The van der Waals surface area contributed by atoms with E-state index >= 15 is 0 Å². The van der Waals surface area contributed by atoms with Crippen molar-refractivity contribution in [3.05, 3.63) is 65.5 Å². The smallest absolute Gasteiger partial charge is 0.307 e. The zero-order valence-corrected chi connectivity index (χ0v) is 18.1. The van der Waals surface area contributed by atoms with Gasteiger partial charge in [-0.05, 0) is 77.1 Å². The van der Waals surface area contributed by atoms with Crippen molar-refractivity contribution in [3.63, 3.8) is 0 Å². The van der Waals surface area contributed by atoms with Crippen LogP contribution in [0.1, 0.15) is 30.4 Å². The van der Waals surface area contributed by atoms with Crippen molar-refractivity contribution in [1.29, 1.82) is 0 Å². The van der Waals surface area contributed by atoms with Crippen LogP contribution in [-0.2, 0) is 21.2 Å². The first-order chi connectivity index (χ1) is 14.8. The van der Waals surface area contributed by atoms with E-state index < -0.39 is 16.0 Å². The van der Waals surface area contributed by atoms with Crippen molar-refractivity contribution in [3.8, 4) is 11.1 Å². The number of carbonyl (C=O) groups is 1. The van der Waals surface area contributed by atoms with Gasteiger partial charge in [-0.25, -0.2) is 12.8 Å². The van der Waals surface area contributed by atoms with Crippen LogP contribution in [0.15, 0.2) is 53.4 Å². The van der Waals surface area contributed by atoms with Crippen molar-refractivity contribution in [2.45, 2.75) is 37.5 Å². The van der Waals surface area contributed by atoms with Gasteiger partial charge in [0.15, 0.2) is 0 Å². The molecule has 1 saturated heterocycles. The number of sulfonamides is 1. The molecule has 7 heteroatoms. The Hall–Kier alpha value is -2.77. The lowest BCUT2D eigenvalue weighted by atomic mass is 9.89. The van der Waals surface area contributed by atoms with Crippen LogP contribution in [0.2, 0.25) is 0 Å². The second kappa shape index (κ2) is 8.40. The van der Waals surface area contributed by atoms with Crippen LogP contribution in [0.4, 0.5) is 4.39 Å². The molecule has 0 unspecified atom stereocenters. The van der Waals surface area contributed by atoms with Gasteiger partial charge in [-0.3, -0.25) is 4.79 Å². The summed E-state index contributed by atoms with van der Waals surface area (Å²) in [6, 6.07) is 12.8.